The molecule has 18 heavy (non-hydrogen) atoms. The minimum atomic E-state index is 0.434. The van der Waals surface area contributed by atoms with Crippen LogP contribution in [-0.2, 0) is 4.79 Å². The van der Waals surface area contributed by atoms with Crippen LogP contribution in [0.2, 0.25) is 0 Å². The maximum Gasteiger partial charge on any atom is 0.135 e. The van der Waals surface area contributed by atoms with Crippen molar-refractivity contribution < 1.29 is 4.79 Å². The van der Waals surface area contributed by atoms with Crippen LogP contribution in [0.4, 0.5) is 0 Å². The molecule has 0 spiro atoms. The van der Waals surface area contributed by atoms with Crippen LogP contribution in [-0.4, -0.2) is 5.78 Å². The summed E-state index contributed by atoms with van der Waals surface area (Å²) in [5, 5.41) is 0. The first-order chi connectivity index (χ1) is 8.84. The SMILES string of the molecule is CCCCCCCCCCCC1CCCCC1=O. The average Bonchev–Trinajstić information content (AvgIpc) is 2.39. The summed E-state index contributed by atoms with van der Waals surface area (Å²) in [7, 11) is 0. The number of rotatable bonds is 10. The second kappa shape index (κ2) is 10.6. The number of Topliss-reactive ketones (excluding diaryl/α,β-unsaturated/α-hetero) is 1. The van der Waals surface area contributed by atoms with E-state index in [1.54, 1.807) is 0 Å². The molecule has 1 aliphatic carbocycles. The third kappa shape index (κ3) is 7.18. The molecule has 0 saturated heterocycles. The first-order valence-electron chi connectivity index (χ1n) is 8.37. The van der Waals surface area contributed by atoms with E-state index in [1.807, 2.05) is 0 Å². The number of unbranched alkanes of at least 4 members (excludes halogenated alkanes) is 8. The first kappa shape index (κ1) is 15.7. The van der Waals surface area contributed by atoms with Gasteiger partial charge in [-0.05, 0) is 19.3 Å². The summed E-state index contributed by atoms with van der Waals surface area (Å²) in [6.45, 7) is 2.27. The van der Waals surface area contributed by atoms with Crippen molar-refractivity contribution in [3.8, 4) is 0 Å². The predicted molar refractivity (Wildman–Crippen MR) is 78.8 cm³/mol. The monoisotopic (exact) mass is 252 g/mol. The highest BCUT2D eigenvalue weighted by Crippen LogP contribution is 2.25. The fourth-order valence-electron chi connectivity index (χ4n) is 3.06. The third-order valence-corrected chi connectivity index (χ3v) is 4.34. The second-order valence-corrected chi connectivity index (χ2v) is 6.03. The van der Waals surface area contributed by atoms with Gasteiger partial charge in [0.25, 0.3) is 0 Å². The highest BCUT2D eigenvalue weighted by molar-refractivity contribution is 5.81. The van der Waals surface area contributed by atoms with Crippen LogP contribution in [0.3, 0.4) is 0 Å². The summed E-state index contributed by atoms with van der Waals surface area (Å²) < 4.78 is 0. The molecule has 0 amide bonds. The molecule has 0 aliphatic heterocycles. The van der Waals surface area contributed by atoms with E-state index in [4.69, 9.17) is 0 Å². The standard InChI is InChI=1S/C17H32O/c1-2-3-4-5-6-7-8-9-10-13-16-14-11-12-15-17(16)18/h16H,2-15H2,1H3. The molecule has 1 unspecified atom stereocenters. The van der Waals surface area contributed by atoms with Crippen LogP contribution in [0.15, 0.2) is 0 Å². The van der Waals surface area contributed by atoms with Gasteiger partial charge in [0.15, 0.2) is 0 Å². The molecule has 0 N–H and O–H groups in total. The van der Waals surface area contributed by atoms with Gasteiger partial charge in [0.2, 0.25) is 0 Å². The largest absolute Gasteiger partial charge is 0.299 e. The Labute approximate surface area is 114 Å². The molecule has 1 atom stereocenters. The molecule has 0 aromatic carbocycles. The van der Waals surface area contributed by atoms with Gasteiger partial charge in [-0.25, -0.2) is 0 Å². The maximum absolute atomic E-state index is 11.7. The van der Waals surface area contributed by atoms with E-state index < -0.39 is 0 Å². The Morgan fingerprint density at radius 2 is 1.50 bits per heavy atom. The van der Waals surface area contributed by atoms with Crippen molar-refractivity contribution in [2.24, 2.45) is 5.92 Å². The van der Waals surface area contributed by atoms with Crippen LogP contribution < -0.4 is 0 Å². The molecular formula is C17H32O. The quantitative estimate of drug-likeness (QED) is 0.458. The van der Waals surface area contributed by atoms with E-state index in [1.165, 1.54) is 77.0 Å². The predicted octanol–water partition coefficient (Wildman–Crippen LogP) is 5.67. The van der Waals surface area contributed by atoms with Crippen LogP contribution in [0.25, 0.3) is 0 Å². The Morgan fingerprint density at radius 1 is 0.889 bits per heavy atom. The maximum atomic E-state index is 11.7. The van der Waals surface area contributed by atoms with Gasteiger partial charge in [-0.3, -0.25) is 4.79 Å². The smallest absolute Gasteiger partial charge is 0.135 e. The Balaban J connectivity index is 1.84. The second-order valence-electron chi connectivity index (χ2n) is 6.03. The molecule has 1 saturated carbocycles. The molecule has 106 valence electrons. The first-order valence-corrected chi connectivity index (χ1v) is 8.37. The molecule has 0 heterocycles. The zero-order valence-electron chi connectivity index (χ0n) is 12.4. The molecule has 0 aromatic rings. The van der Waals surface area contributed by atoms with Gasteiger partial charge >= 0.3 is 0 Å². The van der Waals surface area contributed by atoms with Gasteiger partial charge in [-0.15, -0.1) is 0 Å². The molecular weight excluding hydrogens is 220 g/mol. The minimum absolute atomic E-state index is 0.434. The fraction of sp³-hybridized carbons (Fsp3) is 0.941. The van der Waals surface area contributed by atoms with E-state index in [0.29, 0.717) is 11.7 Å². The van der Waals surface area contributed by atoms with Crippen molar-refractivity contribution in [2.45, 2.75) is 96.8 Å². The summed E-state index contributed by atoms with van der Waals surface area (Å²) in [5.74, 6) is 0.990. The van der Waals surface area contributed by atoms with Crippen molar-refractivity contribution >= 4 is 5.78 Å². The number of hydrogen-bond donors (Lipinski definition) is 0. The number of carbonyl (C=O) groups is 1. The Bertz CT molecular complexity index is 210. The van der Waals surface area contributed by atoms with Crippen molar-refractivity contribution in [1.29, 1.82) is 0 Å². The fourth-order valence-corrected chi connectivity index (χ4v) is 3.06. The Kier molecular flexibility index (Phi) is 9.24. The number of ketones is 1. The van der Waals surface area contributed by atoms with E-state index in [9.17, 15) is 4.79 Å². The number of carbonyl (C=O) groups excluding carboxylic acids is 1. The molecule has 1 rings (SSSR count). The van der Waals surface area contributed by atoms with E-state index in [2.05, 4.69) is 6.92 Å². The van der Waals surface area contributed by atoms with Crippen molar-refractivity contribution in [1.82, 2.24) is 0 Å². The average molecular weight is 252 g/mol. The van der Waals surface area contributed by atoms with E-state index in [-0.39, 0.29) is 0 Å². The molecule has 1 fully saturated rings. The third-order valence-electron chi connectivity index (χ3n) is 4.34. The molecule has 0 bridgehead atoms. The van der Waals surface area contributed by atoms with Gasteiger partial charge in [-0.2, -0.15) is 0 Å². The van der Waals surface area contributed by atoms with E-state index in [0.717, 1.165) is 12.8 Å². The lowest BCUT2D eigenvalue weighted by atomic mass is 9.84. The normalized spacial score (nSPS) is 20.3. The van der Waals surface area contributed by atoms with Crippen LogP contribution >= 0.6 is 0 Å². The zero-order valence-corrected chi connectivity index (χ0v) is 12.4. The summed E-state index contributed by atoms with van der Waals surface area (Å²) >= 11 is 0. The topological polar surface area (TPSA) is 17.1 Å². The highest BCUT2D eigenvalue weighted by atomic mass is 16.1. The molecule has 0 radical (unpaired) electrons. The highest BCUT2D eigenvalue weighted by Gasteiger charge is 2.20. The van der Waals surface area contributed by atoms with Crippen LogP contribution in [0, 0.1) is 5.92 Å². The lowest BCUT2D eigenvalue weighted by Crippen LogP contribution is -2.18. The van der Waals surface area contributed by atoms with Gasteiger partial charge in [0.05, 0.1) is 0 Å². The van der Waals surface area contributed by atoms with Gasteiger partial charge in [0.1, 0.15) is 5.78 Å². The van der Waals surface area contributed by atoms with Crippen molar-refractivity contribution in [3.63, 3.8) is 0 Å². The van der Waals surface area contributed by atoms with Crippen LogP contribution in [0.1, 0.15) is 96.8 Å². The molecule has 1 heteroatoms. The summed E-state index contributed by atoms with van der Waals surface area (Å²) in [6.07, 6.45) is 18.1. The van der Waals surface area contributed by atoms with Crippen molar-refractivity contribution in [2.75, 3.05) is 0 Å². The molecule has 0 aromatic heterocycles. The minimum Gasteiger partial charge on any atom is -0.299 e. The van der Waals surface area contributed by atoms with Crippen LogP contribution in [0.5, 0.6) is 0 Å². The van der Waals surface area contributed by atoms with Gasteiger partial charge in [-0.1, -0.05) is 71.1 Å². The summed E-state index contributed by atoms with van der Waals surface area (Å²) in [6, 6.07) is 0. The zero-order chi connectivity index (χ0) is 13.1. The summed E-state index contributed by atoms with van der Waals surface area (Å²) in [4.78, 5) is 11.7. The Hall–Kier alpha value is -0.330. The number of hydrogen-bond acceptors (Lipinski definition) is 1. The van der Waals surface area contributed by atoms with Crippen molar-refractivity contribution in [3.05, 3.63) is 0 Å². The molecule has 1 nitrogen and oxygen atoms in total. The van der Waals surface area contributed by atoms with Gasteiger partial charge < -0.3 is 0 Å². The summed E-state index contributed by atoms with van der Waals surface area (Å²) in [5.41, 5.74) is 0. The van der Waals surface area contributed by atoms with Gasteiger partial charge in [0, 0.05) is 12.3 Å². The lowest BCUT2D eigenvalue weighted by Gasteiger charge is -2.20. The molecule has 1 aliphatic rings. The van der Waals surface area contributed by atoms with E-state index >= 15 is 0 Å². The Morgan fingerprint density at radius 3 is 2.11 bits per heavy atom. The lowest BCUT2D eigenvalue weighted by molar-refractivity contribution is -0.124.